The molecule has 1 N–H and O–H groups in total. The highest BCUT2D eigenvalue weighted by atomic mass is 35.5. The highest BCUT2D eigenvalue weighted by Crippen LogP contribution is 2.29. The molecule has 2 heterocycles. The lowest BCUT2D eigenvalue weighted by Crippen LogP contribution is -2.28. The van der Waals surface area contributed by atoms with Crippen LogP contribution >= 0.6 is 11.6 Å². The molecule has 3 rings (SSSR count). The average Bonchev–Trinajstić information content (AvgIpc) is 2.56. The SMILES string of the molecule is C[C@@H](Nc1cncc(-c2ccncc2Cl)n1)C1CCCCC1. The lowest BCUT2D eigenvalue weighted by molar-refractivity contribution is 0.328. The minimum Gasteiger partial charge on any atom is -0.366 e. The first-order valence-corrected chi connectivity index (χ1v) is 8.30. The van der Waals surface area contributed by atoms with Crippen molar-refractivity contribution in [1.29, 1.82) is 0 Å². The molecule has 0 bridgehead atoms. The van der Waals surface area contributed by atoms with Crippen LogP contribution in [0.1, 0.15) is 39.0 Å². The maximum absolute atomic E-state index is 6.19. The van der Waals surface area contributed by atoms with Gasteiger partial charge < -0.3 is 5.32 Å². The van der Waals surface area contributed by atoms with Gasteiger partial charge in [0.1, 0.15) is 5.82 Å². The van der Waals surface area contributed by atoms with E-state index in [0.717, 1.165) is 23.0 Å². The Hall–Kier alpha value is -1.68. The van der Waals surface area contributed by atoms with Gasteiger partial charge in [-0.05, 0) is 31.7 Å². The second kappa shape index (κ2) is 7.05. The minimum atomic E-state index is 0.415. The van der Waals surface area contributed by atoms with Gasteiger partial charge >= 0.3 is 0 Å². The number of hydrogen-bond acceptors (Lipinski definition) is 4. The monoisotopic (exact) mass is 316 g/mol. The second-order valence-electron chi connectivity index (χ2n) is 5.98. The predicted molar refractivity (Wildman–Crippen MR) is 89.9 cm³/mol. The molecule has 1 atom stereocenters. The Morgan fingerprint density at radius 1 is 1.14 bits per heavy atom. The number of rotatable bonds is 4. The van der Waals surface area contributed by atoms with Crippen molar-refractivity contribution < 1.29 is 0 Å². The molecule has 1 saturated carbocycles. The van der Waals surface area contributed by atoms with Crippen molar-refractivity contribution >= 4 is 17.4 Å². The topological polar surface area (TPSA) is 50.7 Å². The van der Waals surface area contributed by atoms with E-state index in [0.29, 0.717) is 11.1 Å². The lowest BCUT2D eigenvalue weighted by Gasteiger charge is -2.28. The van der Waals surface area contributed by atoms with Crippen LogP contribution in [0.4, 0.5) is 5.82 Å². The Balaban J connectivity index is 1.75. The number of pyridine rings is 1. The molecule has 22 heavy (non-hydrogen) atoms. The van der Waals surface area contributed by atoms with Crippen LogP contribution in [-0.2, 0) is 0 Å². The molecule has 2 aromatic rings. The van der Waals surface area contributed by atoms with Gasteiger partial charge in [0, 0.05) is 24.0 Å². The lowest BCUT2D eigenvalue weighted by atomic mass is 9.84. The summed E-state index contributed by atoms with van der Waals surface area (Å²) in [4.78, 5) is 13.0. The summed E-state index contributed by atoms with van der Waals surface area (Å²) in [6.45, 7) is 2.24. The predicted octanol–water partition coefficient (Wildman–Crippen LogP) is 4.57. The molecular formula is C17H21ClN4. The number of aromatic nitrogens is 3. The van der Waals surface area contributed by atoms with Crippen molar-refractivity contribution in [1.82, 2.24) is 15.0 Å². The Kier molecular flexibility index (Phi) is 4.88. The highest BCUT2D eigenvalue weighted by Gasteiger charge is 2.20. The Morgan fingerprint density at radius 2 is 1.95 bits per heavy atom. The van der Waals surface area contributed by atoms with Gasteiger partial charge in [0.15, 0.2) is 0 Å². The maximum Gasteiger partial charge on any atom is 0.145 e. The van der Waals surface area contributed by atoms with E-state index in [9.17, 15) is 0 Å². The van der Waals surface area contributed by atoms with Crippen molar-refractivity contribution in [2.75, 3.05) is 5.32 Å². The summed E-state index contributed by atoms with van der Waals surface area (Å²) < 4.78 is 0. The van der Waals surface area contributed by atoms with Crippen LogP contribution in [0.5, 0.6) is 0 Å². The fraction of sp³-hybridized carbons (Fsp3) is 0.471. The molecule has 0 spiro atoms. The van der Waals surface area contributed by atoms with E-state index < -0.39 is 0 Å². The first-order valence-electron chi connectivity index (χ1n) is 7.92. The molecule has 2 aromatic heterocycles. The molecule has 0 unspecified atom stereocenters. The molecule has 4 nitrogen and oxygen atoms in total. The van der Waals surface area contributed by atoms with Crippen LogP contribution in [0.15, 0.2) is 30.9 Å². The summed E-state index contributed by atoms with van der Waals surface area (Å²) in [5.41, 5.74) is 1.63. The zero-order valence-electron chi connectivity index (χ0n) is 12.8. The Morgan fingerprint density at radius 3 is 2.73 bits per heavy atom. The number of nitrogens with one attached hydrogen (secondary N) is 1. The zero-order valence-corrected chi connectivity index (χ0v) is 13.6. The Bertz CT molecular complexity index is 626. The van der Waals surface area contributed by atoms with Gasteiger partial charge in [-0.1, -0.05) is 30.9 Å². The molecule has 116 valence electrons. The van der Waals surface area contributed by atoms with Crippen LogP contribution in [-0.4, -0.2) is 21.0 Å². The molecule has 1 aliphatic carbocycles. The first-order chi connectivity index (χ1) is 10.7. The van der Waals surface area contributed by atoms with E-state index in [1.165, 1.54) is 32.1 Å². The molecule has 1 aliphatic rings. The summed E-state index contributed by atoms with van der Waals surface area (Å²) in [5.74, 6) is 1.53. The van der Waals surface area contributed by atoms with Crippen molar-refractivity contribution in [2.24, 2.45) is 5.92 Å². The van der Waals surface area contributed by atoms with Crippen molar-refractivity contribution in [3.05, 3.63) is 35.9 Å². The Labute approximate surface area is 136 Å². The summed E-state index contributed by atoms with van der Waals surface area (Å²) >= 11 is 6.19. The molecule has 5 heteroatoms. The smallest absolute Gasteiger partial charge is 0.145 e. The fourth-order valence-electron chi connectivity index (χ4n) is 3.13. The van der Waals surface area contributed by atoms with Crippen LogP contribution in [0.25, 0.3) is 11.3 Å². The van der Waals surface area contributed by atoms with E-state index in [-0.39, 0.29) is 0 Å². The third-order valence-electron chi connectivity index (χ3n) is 4.42. The minimum absolute atomic E-state index is 0.415. The molecule has 1 fully saturated rings. The van der Waals surface area contributed by atoms with Crippen LogP contribution in [0, 0.1) is 5.92 Å². The summed E-state index contributed by atoms with van der Waals surface area (Å²) in [6, 6.07) is 2.28. The highest BCUT2D eigenvalue weighted by molar-refractivity contribution is 6.33. The third kappa shape index (κ3) is 3.55. The van der Waals surface area contributed by atoms with E-state index in [1.54, 1.807) is 24.8 Å². The summed E-state index contributed by atoms with van der Waals surface area (Å²) in [5, 5.41) is 4.10. The molecule has 0 aliphatic heterocycles. The van der Waals surface area contributed by atoms with Crippen molar-refractivity contribution in [3.8, 4) is 11.3 Å². The standard InChI is InChI=1S/C17H21ClN4/c1-12(13-5-3-2-4-6-13)21-17-11-20-10-16(22-17)14-7-8-19-9-15(14)18/h7-13H,2-6H2,1H3,(H,21,22)/t12-/m1/s1. The van der Waals surface area contributed by atoms with Gasteiger partial charge in [-0.2, -0.15) is 0 Å². The summed E-state index contributed by atoms with van der Waals surface area (Å²) in [7, 11) is 0. The van der Waals surface area contributed by atoms with Gasteiger partial charge in [-0.15, -0.1) is 0 Å². The maximum atomic E-state index is 6.19. The van der Waals surface area contributed by atoms with Crippen molar-refractivity contribution in [2.45, 2.75) is 45.1 Å². The van der Waals surface area contributed by atoms with Gasteiger partial charge in [-0.25, -0.2) is 4.98 Å². The largest absolute Gasteiger partial charge is 0.366 e. The quantitative estimate of drug-likeness (QED) is 0.897. The van der Waals surface area contributed by atoms with Gasteiger partial charge in [0.05, 0.1) is 23.1 Å². The van der Waals surface area contributed by atoms with Crippen LogP contribution in [0.3, 0.4) is 0 Å². The first kappa shape index (κ1) is 15.2. The zero-order chi connectivity index (χ0) is 15.4. The average molecular weight is 317 g/mol. The summed E-state index contributed by atoms with van der Waals surface area (Å²) in [6.07, 6.45) is 13.5. The van der Waals surface area contributed by atoms with Crippen molar-refractivity contribution in [3.63, 3.8) is 0 Å². The normalized spacial score (nSPS) is 17.2. The van der Waals surface area contributed by atoms with Gasteiger partial charge in [-0.3, -0.25) is 9.97 Å². The number of hydrogen-bond donors (Lipinski definition) is 1. The number of halogens is 1. The molecule has 0 amide bonds. The van der Waals surface area contributed by atoms with Crippen LogP contribution < -0.4 is 5.32 Å². The van der Waals surface area contributed by atoms with E-state index in [1.807, 2.05) is 6.07 Å². The molecular weight excluding hydrogens is 296 g/mol. The van der Waals surface area contributed by atoms with E-state index in [2.05, 4.69) is 27.2 Å². The fourth-order valence-corrected chi connectivity index (χ4v) is 3.35. The molecule has 0 radical (unpaired) electrons. The third-order valence-corrected chi connectivity index (χ3v) is 4.72. The van der Waals surface area contributed by atoms with E-state index >= 15 is 0 Å². The van der Waals surface area contributed by atoms with E-state index in [4.69, 9.17) is 11.6 Å². The second-order valence-corrected chi connectivity index (χ2v) is 6.38. The molecule has 0 saturated heterocycles. The molecule has 0 aromatic carbocycles. The van der Waals surface area contributed by atoms with Crippen LogP contribution in [0.2, 0.25) is 5.02 Å². The number of anilines is 1. The van der Waals surface area contributed by atoms with Gasteiger partial charge in [0.2, 0.25) is 0 Å². The van der Waals surface area contributed by atoms with Gasteiger partial charge in [0.25, 0.3) is 0 Å². The number of nitrogens with zero attached hydrogens (tertiary/aromatic N) is 3.